The molecule has 0 saturated heterocycles. The molecule has 0 atom stereocenters. The molecule has 1 aromatic heterocycles. The Labute approximate surface area is 102 Å². The highest BCUT2D eigenvalue weighted by atomic mass is 32.1. The van der Waals surface area contributed by atoms with E-state index in [0.29, 0.717) is 13.0 Å². The van der Waals surface area contributed by atoms with Crippen molar-refractivity contribution in [3.05, 3.63) is 22.4 Å². The normalized spacial score (nSPS) is 11.4. The molecule has 90 valence electrons. The van der Waals surface area contributed by atoms with Crippen molar-refractivity contribution in [2.24, 2.45) is 5.41 Å². The highest BCUT2D eigenvalue weighted by molar-refractivity contribution is 7.09. The summed E-state index contributed by atoms with van der Waals surface area (Å²) in [6.07, 6.45) is 2.20. The minimum Gasteiger partial charge on any atom is -0.466 e. The van der Waals surface area contributed by atoms with Gasteiger partial charge in [-0.1, -0.05) is 26.8 Å². The van der Waals surface area contributed by atoms with Gasteiger partial charge in [-0.05, 0) is 29.7 Å². The molecule has 0 unspecified atom stereocenters. The van der Waals surface area contributed by atoms with Gasteiger partial charge < -0.3 is 4.74 Å². The van der Waals surface area contributed by atoms with Crippen LogP contribution in [0, 0.1) is 5.41 Å². The number of thiophene rings is 1. The van der Waals surface area contributed by atoms with Crippen LogP contribution in [0.3, 0.4) is 0 Å². The zero-order valence-electron chi connectivity index (χ0n) is 10.3. The minimum absolute atomic E-state index is 0.0855. The Kier molecular flexibility index (Phi) is 5.00. The quantitative estimate of drug-likeness (QED) is 0.734. The Balaban J connectivity index is 2.12. The van der Waals surface area contributed by atoms with Gasteiger partial charge in [0.2, 0.25) is 0 Å². The second kappa shape index (κ2) is 6.04. The van der Waals surface area contributed by atoms with Gasteiger partial charge in [0.25, 0.3) is 0 Å². The first-order valence-electron chi connectivity index (χ1n) is 5.65. The van der Waals surface area contributed by atoms with Gasteiger partial charge in [0.05, 0.1) is 13.0 Å². The number of esters is 1. The van der Waals surface area contributed by atoms with Gasteiger partial charge in [-0.3, -0.25) is 4.79 Å². The van der Waals surface area contributed by atoms with Gasteiger partial charge >= 0.3 is 5.97 Å². The van der Waals surface area contributed by atoms with Crippen LogP contribution in [-0.4, -0.2) is 12.6 Å². The van der Waals surface area contributed by atoms with E-state index in [-0.39, 0.29) is 11.4 Å². The van der Waals surface area contributed by atoms with E-state index in [1.165, 1.54) is 4.88 Å². The number of ether oxygens (including phenoxy) is 1. The maximum atomic E-state index is 11.4. The van der Waals surface area contributed by atoms with Crippen LogP contribution in [0.2, 0.25) is 0 Å². The molecule has 0 aliphatic rings. The Morgan fingerprint density at radius 1 is 1.44 bits per heavy atom. The Hall–Kier alpha value is -0.830. The van der Waals surface area contributed by atoms with Crippen LogP contribution in [0.1, 0.15) is 38.5 Å². The zero-order chi connectivity index (χ0) is 12.0. The largest absolute Gasteiger partial charge is 0.466 e. The zero-order valence-corrected chi connectivity index (χ0v) is 11.1. The van der Waals surface area contributed by atoms with Crippen LogP contribution in [0.15, 0.2) is 17.5 Å². The molecule has 0 radical (unpaired) electrons. The average molecular weight is 240 g/mol. The van der Waals surface area contributed by atoms with Crippen LogP contribution in [0.5, 0.6) is 0 Å². The third-order valence-electron chi connectivity index (χ3n) is 2.27. The molecule has 1 heterocycles. The van der Waals surface area contributed by atoms with E-state index < -0.39 is 0 Å². The minimum atomic E-state index is -0.0855. The first-order valence-corrected chi connectivity index (χ1v) is 6.53. The molecule has 16 heavy (non-hydrogen) atoms. The number of aryl methyl sites for hydroxylation is 1. The molecule has 0 N–H and O–H groups in total. The highest BCUT2D eigenvalue weighted by Crippen LogP contribution is 2.18. The summed E-state index contributed by atoms with van der Waals surface area (Å²) in [5.41, 5.74) is 0.230. The smallest absolute Gasteiger partial charge is 0.306 e. The van der Waals surface area contributed by atoms with Gasteiger partial charge in [0.15, 0.2) is 0 Å². The van der Waals surface area contributed by atoms with Crippen molar-refractivity contribution >= 4 is 17.3 Å². The summed E-state index contributed by atoms with van der Waals surface area (Å²) in [5.74, 6) is -0.0855. The molecule has 0 aliphatic carbocycles. The number of carbonyl (C=O) groups excluding carboxylic acids is 1. The van der Waals surface area contributed by atoms with Gasteiger partial charge in [0.1, 0.15) is 0 Å². The Bertz CT molecular complexity index is 309. The van der Waals surface area contributed by atoms with E-state index in [2.05, 4.69) is 20.8 Å². The van der Waals surface area contributed by atoms with Crippen molar-refractivity contribution in [2.45, 2.75) is 40.0 Å². The van der Waals surface area contributed by atoms with E-state index in [4.69, 9.17) is 4.74 Å². The third kappa shape index (κ3) is 5.91. The van der Waals surface area contributed by atoms with E-state index in [0.717, 1.165) is 12.8 Å². The Morgan fingerprint density at radius 3 is 2.75 bits per heavy atom. The lowest BCUT2D eigenvalue weighted by Crippen LogP contribution is -2.13. The third-order valence-corrected chi connectivity index (χ3v) is 3.21. The van der Waals surface area contributed by atoms with Crippen LogP contribution >= 0.6 is 11.3 Å². The molecule has 1 aromatic rings. The molecular weight excluding hydrogens is 220 g/mol. The molecule has 2 nitrogen and oxygen atoms in total. The predicted octanol–water partition coefficient (Wildman–Crippen LogP) is 3.66. The first-order chi connectivity index (χ1) is 7.47. The fourth-order valence-electron chi connectivity index (χ4n) is 1.22. The molecule has 0 spiro atoms. The topological polar surface area (TPSA) is 26.3 Å². The van der Waals surface area contributed by atoms with Crippen molar-refractivity contribution in [1.82, 2.24) is 0 Å². The number of hydrogen-bond donors (Lipinski definition) is 0. The summed E-state index contributed by atoms with van der Waals surface area (Å²) < 4.78 is 5.18. The van der Waals surface area contributed by atoms with Crippen LogP contribution in [0.25, 0.3) is 0 Å². The lowest BCUT2D eigenvalue weighted by atomic mass is 9.93. The fraction of sp³-hybridized carbons (Fsp3) is 0.615. The summed E-state index contributed by atoms with van der Waals surface area (Å²) in [4.78, 5) is 12.6. The fourth-order valence-corrected chi connectivity index (χ4v) is 1.93. The van der Waals surface area contributed by atoms with Gasteiger partial charge in [-0.2, -0.15) is 0 Å². The van der Waals surface area contributed by atoms with Crippen molar-refractivity contribution in [3.63, 3.8) is 0 Å². The van der Waals surface area contributed by atoms with Gasteiger partial charge in [0, 0.05) is 4.88 Å². The lowest BCUT2D eigenvalue weighted by molar-refractivity contribution is -0.144. The van der Waals surface area contributed by atoms with E-state index in [1.807, 2.05) is 17.5 Å². The molecule has 0 saturated carbocycles. The second-order valence-electron chi connectivity index (χ2n) is 5.11. The van der Waals surface area contributed by atoms with Crippen LogP contribution in [-0.2, 0) is 16.0 Å². The molecular formula is C13H20O2S. The summed E-state index contributed by atoms with van der Waals surface area (Å²) in [7, 11) is 0. The van der Waals surface area contributed by atoms with Gasteiger partial charge in [-0.15, -0.1) is 11.3 Å². The molecule has 3 heteroatoms. The first kappa shape index (κ1) is 13.2. The maximum Gasteiger partial charge on any atom is 0.306 e. The molecule has 0 fully saturated rings. The average Bonchev–Trinajstić information content (AvgIpc) is 2.65. The summed E-state index contributed by atoms with van der Waals surface area (Å²) in [6.45, 7) is 6.97. The standard InChI is InChI=1S/C13H20O2S/c1-13(2,3)8-9-15-12(14)7-6-11-5-4-10-16-11/h4-5,10H,6-9H2,1-3H3. The molecule has 0 aromatic carbocycles. The number of hydrogen-bond acceptors (Lipinski definition) is 3. The SMILES string of the molecule is CC(C)(C)CCOC(=O)CCc1cccs1. The van der Waals surface area contributed by atoms with Crippen molar-refractivity contribution in [2.75, 3.05) is 6.61 Å². The van der Waals surface area contributed by atoms with Crippen LogP contribution in [0.4, 0.5) is 0 Å². The maximum absolute atomic E-state index is 11.4. The van der Waals surface area contributed by atoms with Crippen LogP contribution < -0.4 is 0 Å². The monoisotopic (exact) mass is 240 g/mol. The molecule has 0 aliphatic heterocycles. The van der Waals surface area contributed by atoms with E-state index in [1.54, 1.807) is 11.3 Å². The Morgan fingerprint density at radius 2 is 2.19 bits per heavy atom. The molecule has 1 rings (SSSR count). The summed E-state index contributed by atoms with van der Waals surface area (Å²) in [6, 6.07) is 4.05. The summed E-state index contributed by atoms with van der Waals surface area (Å²) in [5, 5.41) is 2.03. The van der Waals surface area contributed by atoms with E-state index in [9.17, 15) is 4.79 Å². The van der Waals surface area contributed by atoms with Crippen molar-refractivity contribution in [3.8, 4) is 0 Å². The van der Waals surface area contributed by atoms with Crippen molar-refractivity contribution in [1.29, 1.82) is 0 Å². The number of rotatable bonds is 5. The van der Waals surface area contributed by atoms with Gasteiger partial charge in [-0.25, -0.2) is 0 Å². The summed E-state index contributed by atoms with van der Waals surface area (Å²) >= 11 is 1.69. The lowest BCUT2D eigenvalue weighted by Gasteiger charge is -2.17. The number of carbonyl (C=O) groups is 1. The predicted molar refractivity (Wildman–Crippen MR) is 67.7 cm³/mol. The molecule has 0 bridgehead atoms. The highest BCUT2D eigenvalue weighted by Gasteiger charge is 2.11. The molecule has 0 amide bonds. The second-order valence-corrected chi connectivity index (χ2v) is 6.14. The van der Waals surface area contributed by atoms with E-state index >= 15 is 0 Å². The van der Waals surface area contributed by atoms with Crippen molar-refractivity contribution < 1.29 is 9.53 Å².